The van der Waals surface area contributed by atoms with Crippen molar-refractivity contribution in [1.82, 2.24) is 4.72 Å². The van der Waals surface area contributed by atoms with Crippen LogP contribution in [0.25, 0.3) is 0 Å². The van der Waals surface area contributed by atoms with Crippen molar-refractivity contribution in [3.63, 3.8) is 0 Å². The lowest BCUT2D eigenvalue weighted by Gasteiger charge is -2.29. The summed E-state index contributed by atoms with van der Waals surface area (Å²) in [5.41, 5.74) is 2.00. The molecule has 2 N–H and O–H groups in total. The Bertz CT molecular complexity index is 997. The number of carbonyl (C=O) groups excluding carboxylic acids is 1. The SMILES string of the molecule is O=C(Nc1cccc(N2CCOCC2)c1)c1cccc(S(=O)(=O)NC2CCCC2)c1. The zero-order chi connectivity index (χ0) is 21.0. The Morgan fingerprint density at radius 1 is 1.00 bits per heavy atom. The number of rotatable bonds is 6. The second-order valence-electron chi connectivity index (χ2n) is 7.73. The Morgan fingerprint density at radius 3 is 2.50 bits per heavy atom. The molecule has 1 saturated heterocycles. The molecule has 2 fully saturated rings. The average molecular weight is 430 g/mol. The fourth-order valence-electron chi connectivity index (χ4n) is 3.94. The number of benzene rings is 2. The van der Waals surface area contributed by atoms with E-state index in [1.54, 1.807) is 12.1 Å². The maximum Gasteiger partial charge on any atom is 0.255 e. The average Bonchev–Trinajstić information content (AvgIpc) is 3.27. The summed E-state index contributed by atoms with van der Waals surface area (Å²) < 4.78 is 33.5. The number of amides is 1. The number of carbonyl (C=O) groups is 1. The van der Waals surface area contributed by atoms with Gasteiger partial charge in [-0.2, -0.15) is 0 Å². The molecule has 1 saturated carbocycles. The number of anilines is 2. The Morgan fingerprint density at radius 2 is 1.73 bits per heavy atom. The zero-order valence-electron chi connectivity index (χ0n) is 16.8. The fraction of sp³-hybridized carbons (Fsp3) is 0.409. The molecule has 1 aliphatic carbocycles. The molecule has 0 radical (unpaired) electrons. The molecule has 0 spiro atoms. The highest BCUT2D eigenvalue weighted by Gasteiger charge is 2.23. The Labute approximate surface area is 177 Å². The van der Waals surface area contributed by atoms with E-state index in [1.165, 1.54) is 12.1 Å². The number of hydrogen-bond acceptors (Lipinski definition) is 5. The van der Waals surface area contributed by atoms with Crippen molar-refractivity contribution in [1.29, 1.82) is 0 Å². The highest BCUT2D eigenvalue weighted by molar-refractivity contribution is 7.89. The maximum atomic E-state index is 12.8. The third-order valence-electron chi connectivity index (χ3n) is 5.56. The lowest BCUT2D eigenvalue weighted by Crippen LogP contribution is -2.36. The number of sulfonamides is 1. The van der Waals surface area contributed by atoms with Gasteiger partial charge in [0.1, 0.15) is 0 Å². The van der Waals surface area contributed by atoms with Gasteiger partial charge in [0, 0.05) is 36.1 Å². The van der Waals surface area contributed by atoms with Crippen LogP contribution < -0.4 is 14.9 Å². The summed E-state index contributed by atoms with van der Waals surface area (Å²) in [6.45, 7) is 3.00. The molecule has 160 valence electrons. The van der Waals surface area contributed by atoms with E-state index < -0.39 is 10.0 Å². The van der Waals surface area contributed by atoms with Gasteiger partial charge in [0.25, 0.3) is 5.91 Å². The first-order valence-corrected chi connectivity index (χ1v) is 11.9. The molecule has 8 heteroatoms. The Kier molecular flexibility index (Phi) is 6.36. The summed E-state index contributed by atoms with van der Waals surface area (Å²) in [5.74, 6) is -0.341. The van der Waals surface area contributed by atoms with Crippen LogP contribution in [0.1, 0.15) is 36.0 Å². The van der Waals surface area contributed by atoms with Gasteiger partial charge >= 0.3 is 0 Å². The molecule has 0 atom stereocenters. The monoisotopic (exact) mass is 429 g/mol. The van der Waals surface area contributed by atoms with Gasteiger partial charge in [-0.25, -0.2) is 13.1 Å². The van der Waals surface area contributed by atoms with E-state index >= 15 is 0 Å². The van der Waals surface area contributed by atoms with Crippen LogP contribution in [0, 0.1) is 0 Å². The van der Waals surface area contributed by atoms with Crippen molar-refractivity contribution in [3.8, 4) is 0 Å². The smallest absolute Gasteiger partial charge is 0.255 e. The Balaban J connectivity index is 1.47. The van der Waals surface area contributed by atoms with Crippen LogP contribution >= 0.6 is 0 Å². The fourth-order valence-corrected chi connectivity index (χ4v) is 5.29. The molecule has 1 amide bonds. The quantitative estimate of drug-likeness (QED) is 0.737. The molecule has 30 heavy (non-hydrogen) atoms. The van der Waals surface area contributed by atoms with Gasteiger partial charge < -0.3 is 15.0 Å². The summed E-state index contributed by atoms with van der Waals surface area (Å²) in [4.78, 5) is 15.1. The molecular formula is C22H27N3O4S. The van der Waals surface area contributed by atoms with Crippen molar-refractivity contribution in [2.24, 2.45) is 0 Å². The van der Waals surface area contributed by atoms with Crippen LogP contribution in [0.3, 0.4) is 0 Å². The van der Waals surface area contributed by atoms with Gasteiger partial charge in [-0.3, -0.25) is 4.79 Å². The maximum absolute atomic E-state index is 12.8. The highest BCUT2D eigenvalue weighted by atomic mass is 32.2. The predicted molar refractivity (Wildman–Crippen MR) is 116 cm³/mol. The lowest BCUT2D eigenvalue weighted by molar-refractivity contribution is 0.102. The molecule has 2 aromatic rings. The molecule has 2 aliphatic rings. The molecule has 2 aromatic carbocycles. The van der Waals surface area contributed by atoms with Gasteiger partial charge in [0.05, 0.1) is 18.1 Å². The summed E-state index contributed by atoms with van der Waals surface area (Å²) in [5, 5.41) is 2.88. The van der Waals surface area contributed by atoms with Crippen molar-refractivity contribution < 1.29 is 17.9 Å². The summed E-state index contributed by atoms with van der Waals surface area (Å²) >= 11 is 0. The summed E-state index contributed by atoms with van der Waals surface area (Å²) in [6, 6.07) is 13.8. The number of hydrogen-bond donors (Lipinski definition) is 2. The molecule has 1 aliphatic heterocycles. The predicted octanol–water partition coefficient (Wildman–Crippen LogP) is 3.00. The highest BCUT2D eigenvalue weighted by Crippen LogP contribution is 2.23. The number of ether oxygens (including phenoxy) is 1. The van der Waals surface area contributed by atoms with Crippen LogP contribution in [-0.2, 0) is 14.8 Å². The molecule has 1 heterocycles. The minimum atomic E-state index is -3.64. The largest absolute Gasteiger partial charge is 0.378 e. The van der Waals surface area contributed by atoms with E-state index in [-0.39, 0.29) is 16.8 Å². The van der Waals surface area contributed by atoms with Crippen LogP contribution in [0.4, 0.5) is 11.4 Å². The minimum absolute atomic E-state index is 0.0181. The first-order valence-electron chi connectivity index (χ1n) is 10.4. The van der Waals surface area contributed by atoms with E-state index in [0.717, 1.165) is 44.5 Å². The van der Waals surface area contributed by atoms with E-state index in [4.69, 9.17) is 4.74 Å². The van der Waals surface area contributed by atoms with Crippen molar-refractivity contribution in [3.05, 3.63) is 54.1 Å². The molecular weight excluding hydrogens is 402 g/mol. The van der Waals surface area contributed by atoms with Crippen LogP contribution in [0.5, 0.6) is 0 Å². The molecule has 0 bridgehead atoms. The Hall–Kier alpha value is -2.42. The molecule has 4 rings (SSSR count). The van der Waals surface area contributed by atoms with Crippen molar-refractivity contribution in [2.45, 2.75) is 36.6 Å². The third-order valence-corrected chi connectivity index (χ3v) is 7.08. The minimum Gasteiger partial charge on any atom is -0.378 e. The molecule has 7 nitrogen and oxygen atoms in total. The van der Waals surface area contributed by atoms with Crippen LogP contribution in [0.15, 0.2) is 53.4 Å². The van der Waals surface area contributed by atoms with Gasteiger partial charge in [-0.15, -0.1) is 0 Å². The molecule has 0 unspecified atom stereocenters. The third kappa shape index (κ3) is 5.00. The van der Waals surface area contributed by atoms with Crippen LogP contribution in [-0.4, -0.2) is 46.7 Å². The van der Waals surface area contributed by atoms with E-state index in [9.17, 15) is 13.2 Å². The second kappa shape index (κ2) is 9.16. The van der Waals surface area contributed by atoms with Gasteiger partial charge in [-0.1, -0.05) is 25.0 Å². The number of morpholine rings is 1. The first-order chi connectivity index (χ1) is 14.5. The zero-order valence-corrected chi connectivity index (χ0v) is 17.7. The van der Waals surface area contributed by atoms with Gasteiger partial charge in [-0.05, 0) is 49.2 Å². The number of nitrogens with zero attached hydrogens (tertiary/aromatic N) is 1. The topological polar surface area (TPSA) is 87.7 Å². The van der Waals surface area contributed by atoms with Crippen molar-refractivity contribution >= 4 is 27.3 Å². The van der Waals surface area contributed by atoms with E-state index in [0.29, 0.717) is 24.5 Å². The van der Waals surface area contributed by atoms with E-state index in [2.05, 4.69) is 14.9 Å². The summed E-state index contributed by atoms with van der Waals surface area (Å²) in [6.07, 6.45) is 3.80. The van der Waals surface area contributed by atoms with Gasteiger partial charge in [0.2, 0.25) is 10.0 Å². The van der Waals surface area contributed by atoms with Gasteiger partial charge in [0.15, 0.2) is 0 Å². The lowest BCUT2D eigenvalue weighted by atomic mass is 10.2. The van der Waals surface area contributed by atoms with E-state index in [1.807, 2.05) is 24.3 Å². The summed E-state index contributed by atoms with van der Waals surface area (Å²) in [7, 11) is -3.64. The van der Waals surface area contributed by atoms with Crippen LogP contribution in [0.2, 0.25) is 0 Å². The number of nitrogens with one attached hydrogen (secondary N) is 2. The first kappa shape index (κ1) is 20.8. The van der Waals surface area contributed by atoms with Crippen molar-refractivity contribution in [2.75, 3.05) is 36.5 Å². The standard InChI is InChI=1S/C22H27N3O4S/c26-22(23-19-8-4-9-20(16-19)25-11-13-29-14-12-25)17-5-3-10-21(15-17)30(27,28)24-18-6-1-2-7-18/h3-5,8-10,15-16,18,24H,1-2,6-7,11-14H2,(H,23,26). The molecule has 0 aromatic heterocycles. The normalized spacial score (nSPS) is 17.8. The second-order valence-corrected chi connectivity index (χ2v) is 9.45.